The van der Waals surface area contributed by atoms with Gasteiger partial charge in [0.25, 0.3) is 0 Å². The molecule has 1 aromatic carbocycles. The van der Waals surface area contributed by atoms with E-state index >= 15 is 0 Å². The Labute approximate surface area is 153 Å². The molecule has 1 aromatic heterocycles. The normalized spacial score (nSPS) is 12.0. The van der Waals surface area contributed by atoms with Crippen LogP contribution in [0.15, 0.2) is 30.3 Å². The number of Topliss-reactive ketones (excluding diaryl/α,β-unsaturated/α-hetero) is 1. The minimum absolute atomic E-state index is 0.0923. The van der Waals surface area contributed by atoms with Crippen LogP contribution in [0.2, 0.25) is 0 Å². The van der Waals surface area contributed by atoms with Gasteiger partial charge in [0.1, 0.15) is 0 Å². The Morgan fingerprint density at radius 2 is 1.85 bits per heavy atom. The molecule has 6 nitrogen and oxygen atoms in total. The highest BCUT2D eigenvalue weighted by molar-refractivity contribution is 6.00. The Balaban J connectivity index is 2.05. The smallest absolute Gasteiger partial charge is 0.338 e. The Hall–Kier alpha value is -2.44. The van der Waals surface area contributed by atoms with Crippen LogP contribution in [-0.4, -0.2) is 41.7 Å². The number of aliphatic hydroxyl groups is 1. The third-order valence-electron chi connectivity index (χ3n) is 4.34. The number of methoxy groups -OCH3 is 1. The third kappa shape index (κ3) is 4.39. The van der Waals surface area contributed by atoms with Gasteiger partial charge >= 0.3 is 5.97 Å². The molecule has 0 fully saturated rings. The van der Waals surface area contributed by atoms with Crippen LogP contribution < -0.4 is 0 Å². The van der Waals surface area contributed by atoms with Crippen LogP contribution >= 0.6 is 0 Å². The quantitative estimate of drug-likeness (QED) is 0.579. The summed E-state index contributed by atoms with van der Waals surface area (Å²) in [6.07, 6.45) is 0. The summed E-state index contributed by atoms with van der Waals surface area (Å²) in [4.78, 5) is 24.6. The fraction of sp³-hybridized carbons (Fsp3) is 0.400. The Kier molecular flexibility index (Phi) is 6.71. The number of nitrogens with zero attached hydrogens (tertiary/aromatic N) is 1. The van der Waals surface area contributed by atoms with Crippen molar-refractivity contribution < 1.29 is 24.2 Å². The molecule has 2 aromatic rings. The van der Waals surface area contributed by atoms with Gasteiger partial charge in [0.05, 0.1) is 24.8 Å². The molecular weight excluding hydrogens is 334 g/mol. The van der Waals surface area contributed by atoms with Gasteiger partial charge in [-0.1, -0.05) is 12.1 Å². The zero-order valence-corrected chi connectivity index (χ0v) is 15.6. The molecule has 0 radical (unpaired) electrons. The highest BCUT2D eigenvalue weighted by Crippen LogP contribution is 2.21. The summed E-state index contributed by atoms with van der Waals surface area (Å²) in [6.45, 7) is 5.97. The van der Waals surface area contributed by atoms with Crippen molar-refractivity contribution in [3.05, 3.63) is 58.4 Å². The number of hydrogen-bond donors (Lipinski definition) is 1. The van der Waals surface area contributed by atoms with E-state index in [1.54, 1.807) is 31.4 Å². The number of aromatic nitrogens is 1. The Morgan fingerprint density at radius 1 is 1.19 bits per heavy atom. The Morgan fingerprint density at radius 3 is 2.42 bits per heavy atom. The number of aliphatic hydroxyl groups excluding tert-OH is 1. The van der Waals surface area contributed by atoms with E-state index in [2.05, 4.69) is 0 Å². The number of hydrogen-bond acceptors (Lipinski definition) is 5. The first kappa shape index (κ1) is 19.9. The van der Waals surface area contributed by atoms with Crippen molar-refractivity contribution in [3.8, 4) is 0 Å². The number of ketones is 1. The molecule has 6 heteroatoms. The standard InChI is InChI=1S/C20H25NO5/c1-13-9-18(15(3)21(13)14(2)11-25-4)19(23)12-26-20(24)17-7-5-16(10-22)6-8-17/h5-9,14,22H,10-12H2,1-4H3. The van der Waals surface area contributed by atoms with E-state index in [4.69, 9.17) is 14.6 Å². The predicted octanol–water partition coefficient (Wildman–Crippen LogP) is 2.84. The van der Waals surface area contributed by atoms with E-state index in [9.17, 15) is 9.59 Å². The summed E-state index contributed by atoms with van der Waals surface area (Å²) in [5.41, 5.74) is 3.39. The highest BCUT2D eigenvalue weighted by atomic mass is 16.5. The van der Waals surface area contributed by atoms with Gasteiger partial charge in [-0.3, -0.25) is 4.79 Å². The average molecular weight is 359 g/mol. The van der Waals surface area contributed by atoms with Crippen LogP contribution in [0.3, 0.4) is 0 Å². The molecule has 0 bridgehead atoms. The van der Waals surface area contributed by atoms with E-state index in [0.29, 0.717) is 23.3 Å². The molecule has 1 unspecified atom stereocenters. The molecule has 0 amide bonds. The largest absolute Gasteiger partial charge is 0.454 e. The van der Waals surface area contributed by atoms with Crippen molar-refractivity contribution >= 4 is 11.8 Å². The summed E-state index contributed by atoms with van der Waals surface area (Å²) < 4.78 is 12.4. The first-order valence-corrected chi connectivity index (χ1v) is 8.46. The van der Waals surface area contributed by atoms with Gasteiger partial charge in [-0.15, -0.1) is 0 Å². The molecule has 0 spiro atoms. The monoisotopic (exact) mass is 359 g/mol. The first-order chi connectivity index (χ1) is 12.4. The van der Waals surface area contributed by atoms with Crippen molar-refractivity contribution in [2.75, 3.05) is 20.3 Å². The summed E-state index contributed by atoms with van der Waals surface area (Å²) in [7, 11) is 1.64. The number of rotatable bonds is 8. The van der Waals surface area contributed by atoms with E-state index < -0.39 is 5.97 Å². The minimum atomic E-state index is -0.565. The zero-order chi connectivity index (χ0) is 19.3. The summed E-state index contributed by atoms with van der Waals surface area (Å²) in [5, 5.41) is 9.02. The number of aryl methyl sites for hydroxylation is 1. The van der Waals surface area contributed by atoms with Crippen LogP contribution in [0.1, 0.15) is 50.6 Å². The van der Waals surface area contributed by atoms with Crippen LogP contribution in [0.25, 0.3) is 0 Å². The predicted molar refractivity (Wildman–Crippen MR) is 97.5 cm³/mol. The van der Waals surface area contributed by atoms with Crippen molar-refractivity contribution in [2.24, 2.45) is 0 Å². The lowest BCUT2D eigenvalue weighted by Crippen LogP contribution is -2.17. The van der Waals surface area contributed by atoms with Crippen LogP contribution in [0.4, 0.5) is 0 Å². The van der Waals surface area contributed by atoms with Gasteiger partial charge in [-0.2, -0.15) is 0 Å². The summed E-state index contributed by atoms with van der Waals surface area (Å²) in [5.74, 6) is -0.807. The number of esters is 1. The highest BCUT2D eigenvalue weighted by Gasteiger charge is 2.20. The molecule has 0 saturated carbocycles. The molecular formula is C20H25NO5. The summed E-state index contributed by atoms with van der Waals surface area (Å²) >= 11 is 0. The maximum absolute atomic E-state index is 12.5. The van der Waals surface area contributed by atoms with E-state index in [0.717, 1.165) is 11.4 Å². The molecule has 1 N–H and O–H groups in total. The van der Waals surface area contributed by atoms with Crippen LogP contribution in [-0.2, 0) is 16.1 Å². The van der Waals surface area contributed by atoms with Crippen molar-refractivity contribution in [1.82, 2.24) is 4.57 Å². The molecule has 0 saturated heterocycles. The second kappa shape index (κ2) is 8.78. The molecule has 1 atom stereocenters. The molecule has 0 aliphatic rings. The van der Waals surface area contributed by atoms with Crippen LogP contribution in [0.5, 0.6) is 0 Å². The van der Waals surface area contributed by atoms with Crippen molar-refractivity contribution in [2.45, 2.75) is 33.4 Å². The molecule has 2 rings (SSSR count). The third-order valence-corrected chi connectivity index (χ3v) is 4.34. The van der Waals surface area contributed by atoms with Gasteiger partial charge in [0.2, 0.25) is 5.78 Å². The minimum Gasteiger partial charge on any atom is -0.454 e. The van der Waals surface area contributed by atoms with Gasteiger partial charge < -0.3 is 19.1 Å². The fourth-order valence-corrected chi connectivity index (χ4v) is 3.09. The average Bonchev–Trinajstić information content (AvgIpc) is 2.94. The number of carbonyl (C=O) groups excluding carboxylic acids is 2. The number of carbonyl (C=O) groups is 2. The van der Waals surface area contributed by atoms with Crippen molar-refractivity contribution in [3.63, 3.8) is 0 Å². The maximum atomic E-state index is 12.5. The molecule has 140 valence electrons. The molecule has 1 heterocycles. The van der Waals surface area contributed by atoms with E-state index in [1.165, 1.54) is 0 Å². The van der Waals surface area contributed by atoms with E-state index in [-0.39, 0.29) is 25.0 Å². The second-order valence-electron chi connectivity index (χ2n) is 6.31. The first-order valence-electron chi connectivity index (χ1n) is 8.46. The molecule has 0 aliphatic carbocycles. The van der Waals surface area contributed by atoms with Gasteiger partial charge in [-0.25, -0.2) is 4.79 Å². The van der Waals surface area contributed by atoms with Gasteiger partial charge in [0.15, 0.2) is 6.61 Å². The summed E-state index contributed by atoms with van der Waals surface area (Å²) in [6, 6.07) is 8.34. The lowest BCUT2D eigenvalue weighted by Gasteiger charge is -2.17. The lowest BCUT2D eigenvalue weighted by atomic mass is 10.1. The van der Waals surface area contributed by atoms with Crippen LogP contribution in [0, 0.1) is 13.8 Å². The maximum Gasteiger partial charge on any atom is 0.338 e. The molecule has 26 heavy (non-hydrogen) atoms. The zero-order valence-electron chi connectivity index (χ0n) is 15.6. The fourth-order valence-electron chi connectivity index (χ4n) is 3.09. The second-order valence-corrected chi connectivity index (χ2v) is 6.31. The molecule has 0 aliphatic heterocycles. The topological polar surface area (TPSA) is 77.8 Å². The SMILES string of the molecule is COCC(C)n1c(C)cc(C(=O)COC(=O)c2ccc(CO)cc2)c1C. The van der Waals surface area contributed by atoms with Gasteiger partial charge in [0, 0.05) is 24.1 Å². The Bertz CT molecular complexity index is 776. The van der Waals surface area contributed by atoms with Crippen molar-refractivity contribution in [1.29, 1.82) is 0 Å². The number of ether oxygens (including phenoxy) is 2. The lowest BCUT2D eigenvalue weighted by molar-refractivity contribution is 0.0474. The van der Waals surface area contributed by atoms with Gasteiger partial charge in [-0.05, 0) is 44.5 Å². The van der Waals surface area contributed by atoms with E-state index in [1.807, 2.05) is 31.4 Å². The number of benzene rings is 1.